The monoisotopic (exact) mass is 297 g/mol. The third-order valence-corrected chi connectivity index (χ3v) is 3.13. The highest BCUT2D eigenvalue weighted by Gasteiger charge is 2.12. The second-order valence-corrected chi connectivity index (χ2v) is 4.39. The molecule has 1 nitrogen and oxygen atoms in total. The summed E-state index contributed by atoms with van der Waals surface area (Å²) in [5.74, 6) is 0. The van der Waals surface area contributed by atoms with Crippen LogP contribution in [0.3, 0.4) is 0 Å². The van der Waals surface area contributed by atoms with Crippen molar-refractivity contribution in [3.05, 3.63) is 77.9 Å². The normalized spacial score (nSPS) is 11.3. The fourth-order valence-corrected chi connectivity index (χ4v) is 1.97. The maximum atomic E-state index is 3.58. The van der Waals surface area contributed by atoms with Crippen LogP contribution in [0.4, 0.5) is 5.69 Å². The van der Waals surface area contributed by atoms with Gasteiger partial charge in [0.1, 0.15) is 0 Å². The van der Waals surface area contributed by atoms with E-state index in [9.17, 15) is 0 Å². The quantitative estimate of drug-likeness (QED) is 0.608. The van der Waals surface area contributed by atoms with Crippen molar-refractivity contribution in [3.63, 3.8) is 0 Å². The van der Waals surface area contributed by atoms with E-state index < -0.39 is 0 Å². The van der Waals surface area contributed by atoms with E-state index in [2.05, 4.69) is 73.8 Å². The summed E-state index contributed by atoms with van der Waals surface area (Å²) in [6.45, 7) is 12.2. The second kappa shape index (κ2) is 12.7. The number of para-hydroxylation sites is 1. The van der Waals surface area contributed by atoms with Gasteiger partial charge in [-0.3, -0.25) is 0 Å². The molecule has 0 aliphatic rings. The fourth-order valence-electron chi connectivity index (χ4n) is 1.97. The molecule has 0 bridgehead atoms. The topological polar surface area (TPSA) is 12.0 Å². The Hall–Kier alpha value is -2.02. The van der Waals surface area contributed by atoms with Crippen LogP contribution < -0.4 is 5.32 Å². The van der Waals surface area contributed by atoms with Crippen molar-refractivity contribution >= 4 is 5.69 Å². The zero-order valence-electron chi connectivity index (χ0n) is 14.9. The molecule has 2 rings (SSSR count). The summed E-state index contributed by atoms with van der Waals surface area (Å²) in [4.78, 5) is 0. The predicted octanol–water partition coefficient (Wildman–Crippen LogP) is 6.86. The third-order valence-electron chi connectivity index (χ3n) is 3.13. The Morgan fingerprint density at radius 1 is 0.818 bits per heavy atom. The molecule has 22 heavy (non-hydrogen) atoms. The number of anilines is 1. The van der Waals surface area contributed by atoms with Crippen molar-refractivity contribution in [2.75, 3.05) is 5.32 Å². The molecule has 1 atom stereocenters. The number of hydrogen-bond donors (Lipinski definition) is 1. The molecule has 0 heterocycles. The van der Waals surface area contributed by atoms with Crippen LogP contribution in [0.25, 0.3) is 0 Å². The Morgan fingerprint density at radius 3 is 1.73 bits per heavy atom. The molecular weight excluding hydrogens is 266 g/mol. The lowest BCUT2D eigenvalue weighted by Crippen LogP contribution is -2.11. The van der Waals surface area contributed by atoms with Crippen molar-refractivity contribution in [1.29, 1.82) is 0 Å². The lowest BCUT2D eigenvalue weighted by Gasteiger charge is -2.21. The van der Waals surface area contributed by atoms with E-state index in [0.29, 0.717) is 0 Å². The van der Waals surface area contributed by atoms with Crippen LogP contribution in [0, 0.1) is 0 Å². The molecule has 0 radical (unpaired) electrons. The lowest BCUT2D eigenvalue weighted by molar-refractivity contribution is 0.907. The van der Waals surface area contributed by atoms with Gasteiger partial charge in [-0.25, -0.2) is 0 Å². The molecular formula is C21H31N. The van der Waals surface area contributed by atoms with Gasteiger partial charge in [0.15, 0.2) is 0 Å². The molecule has 0 aromatic heterocycles. The first-order chi connectivity index (χ1) is 10.8. The van der Waals surface area contributed by atoms with Gasteiger partial charge < -0.3 is 5.32 Å². The van der Waals surface area contributed by atoms with E-state index in [1.54, 1.807) is 0 Å². The third kappa shape index (κ3) is 6.62. The zero-order valence-corrected chi connectivity index (χ0v) is 14.9. The van der Waals surface area contributed by atoms with E-state index in [1.807, 2.05) is 39.8 Å². The molecule has 0 spiro atoms. The molecule has 1 unspecified atom stereocenters. The van der Waals surface area contributed by atoms with Crippen LogP contribution in [0.1, 0.15) is 53.1 Å². The van der Waals surface area contributed by atoms with Gasteiger partial charge in [0.05, 0.1) is 6.04 Å². The molecule has 0 aliphatic carbocycles. The van der Waals surface area contributed by atoms with Gasteiger partial charge in [-0.15, -0.1) is 0 Å². The molecule has 1 heteroatoms. The van der Waals surface area contributed by atoms with Crippen LogP contribution in [0.2, 0.25) is 0 Å². The fraction of sp³-hybridized carbons (Fsp3) is 0.333. The predicted molar refractivity (Wildman–Crippen MR) is 101 cm³/mol. The van der Waals surface area contributed by atoms with Gasteiger partial charge in [-0.05, 0) is 31.5 Å². The lowest BCUT2D eigenvalue weighted by atomic mass is 9.99. The second-order valence-electron chi connectivity index (χ2n) is 4.39. The molecule has 0 saturated heterocycles. The minimum absolute atomic E-state index is 0.235. The smallest absolute Gasteiger partial charge is 0.0724 e. The highest BCUT2D eigenvalue weighted by atomic mass is 14.9. The Kier molecular flexibility index (Phi) is 11.5. The largest absolute Gasteiger partial charge is 0.374 e. The van der Waals surface area contributed by atoms with E-state index in [1.165, 1.54) is 11.1 Å². The summed E-state index contributed by atoms with van der Waals surface area (Å²) in [6.07, 6.45) is 2.16. The van der Waals surface area contributed by atoms with Crippen LogP contribution in [-0.2, 0) is 0 Å². The summed E-state index contributed by atoms with van der Waals surface area (Å²) in [5, 5.41) is 3.58. The Morgan fingerprint density at radius 2 is 1.27 bits per heavy atom. The minimum atomic E-state index is 0.235. The first-order valence-electron chi connectivity index (χ1n) is 8.30. The standard InChI is InChI=1S/C17H19N.2C2H6/c1-3-14(2)17(15-10-6-4-7-11-15)18-16-12-8-5-9-13-16;2*1-2/h3-13,17-18H,1-2H3;2*1-2H3/b14-3-;;. The summed E-state index contributed by atoms with van der Waals surface area (Å²) in [5.41, 5.74) is 3.76. The van der Waals surface area contributed by atoms with Crippen molar-refractivity contribution in [3.8, 4) is 0 Å². The Bertz CT molecular complexity index is 500. The van der Waals surface area contributed by atoms with Crippen LogP contribution >= 0.6 is 0 Å². The van der Waals surface area contributed by atoms with Crippen LogP contribution in [0.5, 0.6) is 0 Å². The Labute approximate surface area is 137 Å². The van der Waals surface area contributed by atoms with E-state index in [-0.39, 0.29) is 6.04 Å². The van der Waals surface area contributed by atoms with Crippen molar-refractivity contribution in [1.82, 2.24) is 0 Å². The van der Waals surface area contributed by atoms with E-state index in [4.69, 9.17) is 0 Å². The molecule has 0 saturated carbocycles. The first-order valence-corrected chi connectivity index (χ1v) is 8.30. The van der Waals surface area contributed by atoms with E-state index in [0.717, 1.165) is 5.69 Å². The molecule has 1 N–H and O–H groups in total. The Balaban J connectivity index is 0.00000102. The highest BCUT2D eigenvalue weighted by Crippen LogP contribution is 2.25. The van der Waals surface area contributed by atoms with Gasteiger partial charge in [0.2, 0.25) is 0 Å². The van der Waals surface area contributed by atoms with Crippen LogP contribution in [0.15, 0.2) is 72.3 Å². The average Bonchev–Trinajstić information content (AvgIpc) is 2.64. The molecule has 0 amide bonds. The maximum absolute atomic E-state index is 3.58. The zero-order chi connectivity index (χ0) is 16.8. The van der Waals surface area contributed by atoms with Crippen molar-refractivity contribution in [2.24, 2.45) is 0 Å². The molecule has 0 fully saturated rings. The van der Waals surface area contributed by atoms with Crippen molar-refractivity contribution < 1.29 is 0 Å². The molecule has 2 aromatic carbocycles. The van der Waals surface area contributed by atoms with Gasteiger partial charge in [0.25, 0.3) is 0 Å². The minimum Gasteiger partial charge on any atom is -0.374 e. The summed E-state index contributed by atoms with van der Waals surface area (Å²) < 4.78 is 0. The molecule has 2 aromatic rings. The van der Waals surface area contributed by atoms with Gasteiger partial charge in [-0.2, -0.15) is 0 Å². The highest BCUT2D eigenvalue weighted by molar-refractivity contribution is 5.47. The number of hydrogen-bond acceptors (Lipinski definition) is 1. The SMILES string of the molecule is C/C=C(/C)C(Nc1ccccc1)c1ccccc1.CC.CC. The number of allylic oxidation sites excluding steroid dienone is 1. The number of benzene rings is 2. The van der Waals surface area contributed by atoms with Gasteiger partial charge >= 0.3 is 0 Å². The molecule has 120 valence electrons. The number of nitrogens with one attached hydrogen (secondary N) is 1. The summed E-state index contributed by atoms with van der Waals surface area (Å²) in [7, 11) is 0. The number of rotatable bonds is 4. The first kappa shape index (κ1) is 20.0. The van der Waals surface area contributed by atoms with Gasteiger partial charge in [0, 0.05) is 5.69 Å². The summed E-state index contributed by atoms with van der Waals surface area (Å²) >= 11 is 0. The van der Waals surface area contributed by atoms with Crippen LogP contribution in [-0.4, -0.2) is 0 Å². The summed E-state index contributed by atoms with van der Waals surface area (Å²) in [6, 6.07) is 21.1. The molecule has 0 aliphatic heterocycles. The van der Waals surface area contributed by atoms with E-state index >= 15 is 0 Å². The van der Waals surface area contributed by atoms with Gasteiger partial charge in [-0.1, -0.05) is 87.9 Å². The maximum Gasteiger partial charge on any atom is 0.0724 e. The average molecular weight is 297 g/mol. The van der Waals surface area contributed by atoms with Crippen molar-refractivity contribution in [2.45, 2.75) is 47.6 Å².